The average Bonchev–Trinajstić information content (AvgIpc) is 3.46. The first kappa shape index (κ1) is 26.3. The minimum atomic E-state index is -2.14. The Morgan fingerprint density at radius 2 is 1.88 bits per heavy atom. The van der Waals surface area contributed by atoms with Crippen molar-refractivity contribution in [2.75, 3.05) is 11.5 Å². The van der Waals surface area contributed by atoms with E-state index in [-0.39, 0.29) is 22.6 Å². The topological polar surface area (TPSA) is 99.3 Å². The molecule has 2 fully saturated rings. The molecule has 0 spiro atoms. The van der Waals surface area contributed by atoms with Gasteiger partial charge in [-0.15, -0.1) is 10.2 Å². The molecule has 3 heterocycles. The molecule has 0 radical (unpaired) electrons. The third kappa shape index (κ3) is 4.19. The van der Waals surface area contributed by atoms with Crippen molar-refractivity contribution in [3.8, 4) is 17.2 Å². The van der Waals surface area contributed by atoms with E-state index < -0.39 is 26.6 Å². The number of benzene rings is 1. The van der Waals surface area contributed by atoms with Gasteiger partial charge in [0.15, 0.2) is 5.82 Å². The number of nitrogens with zero attached hydrogens (tertiary/aromatic N) is 7. The first-order valence-electron chi connectivity index (χ1n) is 14.0. The Bertz CT molecular complexity index is 1760. The highest BCUT2D eigenvalue weighted by atomic mass is 32.2. The van der Waals surface area contributed by atoms with E-state index in [2.05, 4.69) is 45.0 Å². The normalized spacial score (nSPS) is 23.9. The van der Waals surface area contributed by atoms with Gasteiger partial charge >= 0.3 is 0 Å². The summed E-state index contributed by atoms with van der Waals surface area (Å²) in [7, 11) is -2.14. The predicted molar refractivity (Wildman–Crippen MR) is 152 cm³/mol. The van der Waals surface area contributed by atoms with Crippen LogP contribution in [0.25, 0.3) is 17.2 Å². The highest BCUT2D eigenvalue weighted by molar-refractivity contribution is 8.00. The fourth-order valence-corrected chi connectivity index (χ4v) is 8.95. The van der Waals surface area contributed by atoms with Gasteiger partial charge in [-0.05, 0) is 88.2 Å². The summed E-state index contributed by atoms with van der Waals surface area (Å²) in [5.41, 5.74) is 1.77. The molecule has 212 valence electrons. The maximum atomic E-state index is 14.6. The van der Waals surface area contributed by atoms with E-state index in [4.69, 9.17) is 4.98 Å². The Balaban J connectivity index is 1.22. The van der Waals surface area contributed by atoms with E-state index in [0.29, 0.717) is 35.6 Å². The van der Waals surface area contributed by atoms with E-state index in [1.165, 1.54) is 18.2 Å². The number of hydrogen-bond donors (Lipinski definition) is 0. The minimum Gasteiger partial charge on any atom is -0.268 e. The number of fused-ring (bicyclic) bond motifs is 5. The van der Waals surface area contributed by atoms with Gasteiger partial charge in [-0.2, -0.15) is 9.78 Å². The van der Waals surface area contributed by atoms with Gasteiger partial charge in [-0.1, -0.05) is 19.9 Å². The van der Waals surface area contributed by atoms with Crippen molar-refractivity contribution < 1.29 is 13.0 Å². The van der Waals surface area contributed by atoms with Crippen LogP contribution < -0.4 is 0 Å². The Labute approximate surface area is 237 Å². The number of rotatable bonds is 8. The number of hydrogen-bond acceptors (Lipinski definition) is 7. The summed E-state index contributed by atoms with van der Waals surface area (Å²) in [6.45, 7) is 4.39. The predicted octanol–water partition coefficient (Wildman–Crippen LogP) is 4.66. The summed E-state index contributed by atoms with van der Waals surface area (Å²) in [4.78, 5) is 13.8. The quantitative estimate of drug-likeness (QED) is 0.282. The molecule has 2 bridgehead atoms. The molecule has 4 aromatic rings. The third-order valence-electron chi connectivity index (χ3n) is 9.36. The average molecular weight is 576 g/mol. The molecule has 3 aromatic heterocycles. The van der Waals surface area contributed by atoms with E-state index in [1.54, 1.807) is 23.3 Å². The highest BCUT2D eigenvalue weighted by Gasteiger charge is 2.65. The van der Waals surface area contributed by atoms with Crippen molar-refractivity contribution >= 4 is 15.4 Å². The van der Waals surface area contributed by atoms with Crippen LogP contribution in [0, 0.1) is 23.0 Å². The van der Waals surface area contributed by atoms with Crippen molar-refractivity contribution in [2.24, 2.45) is 11.3 Å². The second-order valence-corrected chi connectivity index (χ2v) is 14.9. The Morgan fingerprint density at radius 1 is 1.10 bits per heavy atom. The van der Waals surface area contributed by atoms with E-state index >= 15 is 0 Å². The molecule has 41 heavy (non-hydrogen) atoms. The SMILES string of the molecule is C=S(=O)(CCc1ncn(-c2nccc([C@@]34CC[C@@H](c5cc(-c6c(F)cccc6F)nnc53)C4(C)C)n2)n1)CC1CC1. The lowest BCUT2D eigenvalue weighted by atomic mass is 9.66. The Hall–Kier alpha value is -3.60. The standard InChI is InChI=1S/C30H31F2N7OS/c1-29(2)20-9-12-30(29,27-19(20)15-23(36-37-27)26-21(31)5-4-6-22(26)32)24-10-13-33-28(35-24)39-17-34-25(38-39)11-14-41(3,40)16-18-7-8-18/h4-6,10,13,15,17-18,20H,3,7-9,11-12,14,16H2,1-2H3/t20-,30-,41?/m0/s1. The van der Waals surface area contributed by atoms with Crippen LogP contribution >= 0.6 is 0 Å². The largest absolute Gasteiger partial charge is 0.268 e. The van der Waals surface area contributed by atoms with Crippen molar-refractivity contribution in [1.82, 2.24) is 34.9 Å². The molecular weight excluding hydrogens is 544 g/mol. The zero-order chi connectivity index (χ0) is 28.6. The molecule has 3 aliphatic carbocycles. The molecule has 0 N–H and O–H groups in total. The zero-order valence-electron chi connectivity index (χ0n) is 23.1. The lowest BCUT2D eigenvalue weighted by molar-refractivity contribution is 0.242. The van der Waals surface area contributed by atoms with Crippen molar-refractivity contribution in [1.29, 1.82) is 0 Å². The summed E-state index contributed by atoms with van der Waals surface area (Å²) in [5, 5.41) is 13.5. The smallest absolute Gasteiger partial charge is 0.252 e. The lowest BCUT2D eigenvalue weighted by Gasteiger charge is -2.37. The van der Waals surface area contributed by atoms with Crippen LogP contribution in [0.15, 0.2) is 42.9 Å². The Morgan fingerprint density at radius 3 is 2.63 bits per heavy atom. The first-order valence-corrected chi connectivity index (χ1v) is 16.1. The fraction of sp³-hybridized carbons (Fsp3) is 0.433. The second-order valence-electron chi connectivity index (χ2n) is 12.2. The minimum absolute atomic E-state index is 0.131. The van der Waals surface area contributed by atoms with Crippen LogP contribution in [0.5, 0.6) is 0 Å². The maximum Gasteiger partial charge on any atom is 0.252 e. The molecular formula is C30H31F2N7OS. The maximum absolute atomic E-state index is 14.6. The van der Waals surface area contributed by atoms with Crippen molar-refractivity contribution in [2.45, 2.75) is 57.3 Å². The van der Waals surface area contributed by atoms with E-state index in [1.807, 2.05) is 6.07 Å². The summed E-state index contributed by atoms with van der Waals surface area (Å²) < 4.78 is 43.5. The molecule has 0 amide bonds. The number of halogens is 2. The van der Waals surface area contributed by atoms with Gasteiger partial charge in [0.05, 0.1) is 28.1 Å². The fourth-order valence-electron chi connectivity index (χ4n) is 7.04. The van der Waals surface area contributed by atoms with Gasteiger partial charge in [0, 0.05) is 24.1 Å². The monoisotopic (exact) mass is 575 g/mol. The lowest BCUT2D eigenvalue weighted by Crippen LogP contribution is -2.38. The summed E-state index contributed by atoms with van der Waals surface area (Å²) in [6.07, 6.45) is 7.78. The van der Waals surface area contributed by atoms with E-state index in [9.17, 15) is 13.0 Å². The molecule has 0 saturated heterocycles. The van der Waals surface area contributed by atoms with Crippen molar-refractivity contribution in [3.63, 3.8) is 0 Å². The van der Waals surface area contributed by atoms with Crippen molar-refractivity contribution in [3.05, 3.63) is 77.3 Å². The van der Waals surface area contributed by atoms with Gasteiger partial charge < -0.3 is 0 Å². The first-order chi connectivity index (χ1) is 19.6. The highest BCUT2D eigenvalue weighted by Crippen LogP contribution is 2.69. The number of aryl methyl sites for hydroxylation is 1. The van der Waals surface area contributed by atoms with E-state index in [0.717, 1.165) is 42.6 Å². The molecule has 3 atom stereocenters. The Kier molecular flexibility index (Phi) is 5.91. The van der Waals surface area contributed by atoms with Crippen LogP contribution in [0.3, 0.4) is 0 Å². The van der Waals surface area contributed by atoms with Gasteiger partial charge in [-0.3, -0.25) is 4.21 Å². The summed E-state index contributed by atoms with van der Waals surface area (Å²) >= 11 is 0. The molecule has 3 aliphatic rings. The van der Waals surface area contributed by atoms with Gasteiger partial charge in [0.1, 0.15) is 18.0 Å². The molecule has 1 unspecified atom stereocenters. The van der Waals surface area contributed by atoms with Crippen LogP contribution in [0.4, 0.5) is 8.78 Å². The van der Waals surface area contributed by atoms with Crippen LogP contribution in [0.1, 0.15) is 68.2 Å². The van der Waals surface area contributed by atoms with Crippen LogP contribution in [-0.2, 0) is 21.4 Å². The molecule has 0 aliphatic heterocycles. The molecule has 2 saturated carbocycles. The van der Waals surface area contributed by atoms with Gasteiger partial charge in [-0.25, -0.2) is 23.7 Å². The van der Waals surface area contributed by atoms with Gasteiger partial charge in [0.25, 0.3) is 5.95 Å². The molecule has 11 heteroatoms. The molecule has 7 rings (SSSR count). The van der Waals surface area contributed by atoms with Crippen LogP contribution in [0.2, 0.25) is 0 Å². The summed E-state index contributed by atoms with van der Waals surface area (Å²) in [5.74, 6) is 5.42. The molecule has 1 aromatic carbocycles. The summed E-state index contributed by atoms with van der Waals surface area (Å²) in [6, 6.07) is 7.51. The van der Waals surface area contributed by atoms with Crippen LogP contribution in [-0.4, -0.2) is 56.5 Å². The van der Waals surface area contributed by atoms with Gasteiger partial charge in [0.2, 0.25) is 0 Å². The molecule has 8 nitrogen and oxygen atoms in total. The third-order valence-corrected chi connectivity index (χ3v) is 11.4. The second kappa shape index (κ2) is 9.20. The number of aromatic nitrogens is 7. The zero-order valence-corrected chi connectivity index (χ0v) is 23.9.